The van der Waals surface area contributed by atoms with Gasteiger partial charge in [-0.05, 0) is 83.6 Å². The fourth-order valence-electron chi connectivity index (χ4n) is 4.39. The molecule has 0 amide bonds. The van der Waals surface area contributed by atoms with Gasteiger partial charge in [-0.1, -0.05) is 47.5 Å². The Morgan fingerprint density at radius 1 is 0.902 bits per heavy atom. The Bertz CT molecular complexity index is 1570. The summed E-state index contributed by atoms with van der Waals surface area (Å²) in [4.78, 5) is 27.2. The van der Waals surface area contributed by atoms with E-state index in [1.54, 1.807) is 0 Å². The predicted octanol–water partition coefficient (Wildman–Crippen LogP) is 9.10. The Morgan fingerprint density at radius 2 is 1.61 bits per heavy atom. The summed E-state index contributed by atoms with van der Waals surface area (Å²) in [5, 5.41) is 12.6. The van der Waals surface area contributed by atoms with E-state index in [0.29, 0.717) is 16.1 Å². The molecule has 0 unspecified atom stereocenters. The molecule has 1 heterocycles. The molecule has 41 heavy (non-hydrogen) atoms. The molecule has 10 heteroatoms. The number of carbonyl (C=O) groups excluding carboxylic acids is 1. The van der Waals surface area contributed by atoms with Crippen molar-refractivity contribution in [1.29, 1.82) is 0 Å². The first-order valence-electron chi connectivity index (χ1n) is 12.6. The summed E-state index contributed by atoms with van der Waals surface area (Å²) in [5.41, 5.74) is 3.99. The van der Waals surface area contributed by atoms with Gasteiger partial charge in [-0.3, -0.25) is 14.6 Å². The van der Waals surface area contributed by atoms with E-state index in [-0.39, 0.29) is 47.9 Å². The van der Waals surface area contributed by atoms with E-state index in [9.17, 15) is 22.8 Å². The standard InChI is InChI=1S/C31H25Cl2F3N2O3/c1-18-13-22(32)8-11-24(18)19-5-9-23(10-6-19)37-17-26-25(14-21(15-27(26)33)31(34,35)36)20-7-12-28(38-16-20)29(39)3-2-4-30(40)41/h5-16,37H,2-4,17H2,1H3,(H,40,41). The van der Waals surface area contributed by atoms with Gasteiger partial charge in [0.25, 0.3) is 0 Å². The fourth-order valence-corrected chi connectivity index (χ4v) is 4.91. The van der Waals surface area contributed by atoms with Crippen LogP contribution in [0.5, 0.6) is 0 Å². The van der Waals surface area contributed by atoms with Crippen LogP contribution in [0.25, 0.3) is 22.3 Å². The normalized spacial score (nSPS) is 11.4. The van der Waals surface area contributed by atoms with Crippen LogP contribution >= 0.6 is 23.2 Å². The number of benzene rings is 3. The highest BCUT2D eigenvalue weighted by molar-refractivity contribution is 6.32. The third kappa shape index (κ3) is 7.65. The van der Waals surface area contributed by atoms with Crippen molar-refractivity contribution in [3.63, 3.8) is 0 Å². The minimum Gasteiger partial charge on any atom is -0.481 e. The number of carboxylic acids is 1. The van der Waals surface area contributed by atoms with E-state index in [2.05, 4.69) is 10.3 Å². The number of rotatable bonds is 10. The molecule has 0 aliphatic heterocycles. The summed E-state index contributed by atoms with van der Waals surface area (Å²) in [6.07, 6.45) is -3.28. The number of Topliss-reactive ketones (excluding diaryl/α,β-unsaturated/α-hetero) is 1. The van der Waals surface area contributed by atoms with Crippen LogP contribution in [0.3, 0.4) is 0 Å². The highest BCUT2D eigenvalue weighted by Gasteiger charge is 2.32. The van der Waals surface area contributed by atoms with Crippen molar-refractivity contribution in [3.05, 3.63) is 105 Å². The second-order valence-corrected chi connectivity index (χ2v) is 10.3. The number of halogens is 5. The fraction of sp³-hybridized carbons (Fsp3) is 0.194. The minimum atomic E-state index is -4.62. The Morgan fingerprint density at radius 3 is 2.22 bits per heavy atom. The number of nitrogens with one attached hydrogen (secondary N) is 1. The number of carbonyl (C=O) groups is 2. The topological polar surface area (TPSA) is 79.3 Å². The summed E-state index contributed by atoms with van der Waals surface area (Å²) in [7, 11) is 0. The molecule has 0 bridgehead atoms. The van der Waals surface area contributed by atoms with Crippen LogP contribution < -0.4 is 5.32 Å². The molecule has 2 N–H and O–H groups in total. The Kier molecular flexibility index (Phi) is 9.35. The number of aryl methyl sites for hydroxylation is 1. The van der Waals surface area contributed by atoms with Gasteiger partial charge in [-0.2, -0.15) is 13.2 Å². The van der Waals surface area contributed by atoms with Crippen LogP contribution in [0, 0.1) is 6.92 Å². The monoisotopic (exact) mass is 600 g/mol. The zero-order valence-corrected chi connectivity index (χ0v) is 23.4. The summed E-state index contributed by atoms with van der Waals surface area (Å²) >= 11 is 12.4. The molecule has 0 saturated heterocycles. The minimum absolute atomic E-state index is 0.000416. The molecule has 0 aliphatic rings. The van der Waals surface area contributed by atoms with E-state index in [1.807, 2.05) is 49.4 Å². The maximum absolute atomic E-state index is 13.6. The Hall–Kier alpha value is -3.88. The molecule has 212 valence electrons. The lowest BCUT2D eigenvalue weighted by atomic mass is 9.97. The first kappa shape index (κ1) is 30.1. The zero-order valence-electron chi connectivity index (χ0n) is 21.9. The lowest BCUT2D eigenvalue weighted by Gasteiger charge is -2.17. The zero-order chi connectivity index (χ0) is 29.7. The van der Waals surface area contributed by atoms with Crippen LogP contribution in [0.4, 0.5) is 18.9 Å². The molecule has 0 radical (unpaired) electrons. The maximum Gasteiger partial charge on any atom is 0.416 e. The molecule has 0 spiro atoms. The van der Waals surface area contributed by atoms with Crippen molar-refractivity contribution < 1.29 is 27.9 Å². The number of hydrogen-bond acceptors (Lipinski definition) is 4. The van der Waals surface area contributed by atoms with Gasteiger partial charge in [0.05, 0.1) is 5.56 Å². The molecule has 3 aromatic carbocycles. The second-order valence-electron chi connectivity index (χ2n) is 9.47. The van der Waals surface area contributed by atoms with Gasteiger partial charge in [-0.15, -0.1) is 0 Å². The molecule has 0 atom stereocenters. The Labute approximate surface area is 245 Å². The van der Waals surface area contributed by atoms with Gasteiger partial charge < -0.3 is 10.4 Å². The summed E-state index contributed by atoms with van der Waals surface area (Å²) < 4.78 is 40.9. The average Bonchev–Trinajstić information content (AvgIpc) is 2.92. The van der Waals surface area contributed by atoms with Gasteiger partial charge >= 0.3 is 12.1 Å². The lowest BCUT2D eigenvalue weighted by Crippen LogP contribution is -2.09. The van der Waals surface area contributed by atoms with Crippen molar-refractivity contribution in [3.8, 4) is 22.3 Å². The molecule has 1 aromatic heterocycles. The molecule has 4 rings (SSSR count). The van der Waals surface area contributed by atoms with Gasteiger partial charge in [0, 0.05) is 46.9 Å². The van der Waals surface area contributed by atoms with E-state index < -0.39 is 17.7 Å². The molecule has 0 fully saturated rings. The van der Waals surface area contributed by atoms with Gasteiger partial charge in [0.1, 0.15) is 5.69 Å². The molecule has 0 aliphatic carbocycles. The number of anilines is 1. The SMILES string of the molecule is Cc1cc(Cl)ccc1-c1ccc(NCc2c(Cl)cc(C(F)(F)F)cc2-c2ccc(C(=O)CCCC(=O)O)nc2)cc1. The third-order valence-corrected chi connectivity index (χ3v) is 7.10. The highest BCUT2D eigenvalue weighted by Crippen LogP contribution is 2.38. The first-order valence-corrected chi connectivity index (χ1v) is 13.4. The number of ketones is 1. The van der Waals surface area contributed by atoms with E-state index in [4.69, 9.17) is 28.3 Å². The number of hydrogen-bond donors (Lipinski definition) is 2. The highest BCUT2D eigenvalue weighted by atomic mass is 35.5. The molecule has 5 nitrogen and oxygen atoms in total. The van der Waals surface area contributed by atoms with Crippen LogP contribution in [-0.2, 0) is 17.5 Å². The lowest BCUT2D eigenvalue weighted by molar-refractivity contribution is -0.138. The van der Waals surface area contributed by atoms with Crippen LogP contribution in [-0.4, -0.2) is 21.8 Å². The molecule has 4 aromatic rings. The van der Waals surface area contributed by atoms with Crippen LogP contribution in [0.2, 0.25) is 10.0 Å². The quantitative estimate of drug-likeness (QED) is 0.177. The average molecular weight is 601 g/mol. The second kappa shape index (κ2) is 12.7. The third-order valence-electron chi connectivity index (χ3n) is 6.53. The predicted molar refractivity (Wildman–Crippen MR) is 154 cm³/mol. The van der Waals surface area contributed by atoms with E-state index in [0.717, 1.165) is 34.5 Å². The largest absolute Gasteiger partial charge is 0.481 e. The smallest absolute Gasteiger partial charge is 0.416 e. The summed E-state index contributed by atoms with van der Waals surface area (Å²) in [5.74, 6) is -1.35. The number of pyridine rings is 1. The van der Waals surface area contributed by atoms with Crippen molar-refractivity contribution in [1.82, 2.24) is 4.98 Å². The number of alkyl halides is 3. The summed E-state index contributed by atoms with van der Waals surface area (Å²) in [6, 6.07) is 18.1. The van der Waals surface area contributed by atoms with Crippen molar-refractivity contribution in [2.75, 3.05) is 5.32 Å². The Balaban J connectivity index is 1.58. The van der Waals surface area contributed by atoms with Gasteiger partial charge in [0.2, 0.25) is 0 Å². The van der Waals surface area contributed by atoms with Crippen molar-refractivity contribution >= 4 is 40.6 Å². The number of carboxylic acid groups (broad SMARTS) is 1. The number of aromatic nitrogens is 1. The van der Waals surface area contributed by atoms with E-state index >= 15 is 0 Å². The number of aliphatic carboxylic acids is 1. The van der Waals surface area contributed by atoms with Crippen molar-refractivity contribution in [2.45, 2.75) is 38.9 Å². The van der Waals surface area contributed by atoms with Gasteiger partial charge in [0.15, 0.2) is 5.78 Å². The first-order chi connectivity index (χ1) is 19.4. The number of nitrogens with zero attached hydrogens (tertiary/aromatic N) is 1. The van der Waals surface area contributed by atoms with Gasteiger partial charge in [-0.25, -0.2) is 0 Å². The molecular formula is C31H25Cl2F3N2O3. The maximum atomic E-state index is 13.6. The van der Waals surface area contributed by atoms with Crippen molar-refractivity contribution in [2.24, 2.45) is 0 Å². The molecular weight excluding hydrogens is 576 g/mol. The molecule has 0 saturated carbocycles. The van der Waals surface area contributed by atoms with Crippen LogP contribution in [0.1, 0.15) is 46.4 Å². The summed E-state index contributed by atoms with van der Waals surface area (Å²) in [6.45, 7) is 2.10. The van der Waals surface area contributed by atoms with Crippen LogP contribution in [0.15, 0.2) is 72.9 Å². The van der Waals surface area contributed by atoms with E-state index in [1.165, 1.54) is 18.3 Å².